The highest BCUT2D eigenvalue weighted by Gasteiger charge is 2.41. The van der Waals surface area contributed by atoms with Crippen molar-refractivity contribution in [1.29, 1.82) is 0 Å². The number of β-amino-alcohol motifs (C(OH)–C–C–N with tert-alkyl or cyclic N) is 1. The number of rotatable bonds is 2. The summed E-state index contributed by atoms with van der Waals surface area (Å²) in [6.07, 6.45) is 5.56. The smallest absolute Gasteiger partial charge is 0.0794 e. The van der Waals surface area contributed by atoms with E-state index in [2.05, 4.69) is 43.1 Å². The lowest BCUT2D eigenvalue weighted by molar-refractivity contribution is 0.0338. The largest absolute Gasteiger partial charge is 0.388 e. The Morgan fingerprint density at radius 1 is 1.37 bits per heavy atom. The molecule has 1 saturated heterocycles. The molecule has 0 amide bonds. The van der Waals surface area contributed by atoms with Crippen LogP contribution in [-0.2, 0) is 6.42 Å². The van der Waals surface area contributed by atoms with Gasteiger partial charge in [-0.2, -0.15) is 0 Å². The number of nitrogens with zero attached hydrogens (tertiary/aromatic N) is 1. The Kier molecular flexibility index (Phi) is 3.40. The van der Waals surface area contributed by atoms with Crippen LogP contribution in [0.1, 0.15) is 49.7 Å². The fourth-order valence-corrected chi connectivity index (χ4v) is 4.06. The molecule has 1 aliphatic heterocycles. The van der Waals surface area contributed by atoms with E-state index in [9.17, 15) is 5.11 Å². The third-order valence-electron chi connectivity index (χ3n) is 5.09. The van der Waals surface area contributed by atoms with Crippen molar-refractivity contribution in [1.82, 2.24) is 4.90 Å². The van der Waals surface area contributed by atoms with Crippen molar-refractivity contribution in [3.05, 3.63) is 35.4 Å². The maximum atomic E-state index is 10.9. The van der Waals surface area contributed by atoms with Crippen LogP contribution in [0.4, 0.5) is 0 Å². The second-order valence-electron chi connectivity index (χ2n) is 6.68. The summed E-state index contributed by atoms with van der Waals surface area (Å²) in [4.78, 5) is 2.29. The standard InChI is InChI=1S/C17H25NO/c1-13-10-17(19,12-18(13)2)11-15-8-5-7-14-6-3-4-9-16(14)15/h3-4,6,9,13,15,19H,5,7-8,10-12H2,1-2H3. The van der Waals surface area contributed by atoms with Gasteiger partial charge in [0, 0.05) is 12.6 Å². The summed E-state index contributed by atoms with van der Waals surface area (Å²) in [5, 5.41) is 10.9. The Hall–Kier alpha value is -0.860. The van der Waals surface area contributed by atoms with Crippen LogP contribution in [0.2, 0.25) is 0 Å². The zero-order valence-electron chi connectivity index (χ0n) is 12.1. The third-order valence-corrected chi connectivity index (χ3v) is 5.09. The van der Waals surface area contributed by atoms with Crippen LogP contribution in [0.5, 0.6) is 0 Å². The Balaban J connectivity index is 1.78. The van der Waals surface area contributed by atoms with E-state index in [0.717, 1.165) is 19.4 Å². The lowest BCUT2D eigenvalue weighted by Gasteiger charge is -2.32. The van der Waals surface area contributed by atoms with Crippen molar-refractivity contribution in [2.24, 2.45) is 0 Å². The van der Waals surface area contributed by atoms with Gasteiger partial charge in [0.1, 0.15) is 0 Å². The zero-order valence-corrected chi connectivity index (χ0v) is 12.1. The summed E-state index contributed by atoms with van der Waals surface area (Å²) in [6.45, 7) is 3.04. The molecule has 0 aromatic heterocycles. The summed E-state index contributed by atoms with van der Waals surface area (Å²) in [7, 11) is 2.12. The topological polar surface area (TPSA) is 23.5 Å². The summed E-state index contributed by atoms with van der Waals surface area (Å²) in [5.74, 6) is 0.550. The number of hydrogen-bond acceptors (Lipinski definition) is 2. The molecule has 3 rings (SSSR count). The van der Waals surface area contributed by atoms with Crippen molar-refractivity contribution in [2.75, 3.05) is 13.6 Å². The molecule has 2 nitrogen and oxygen atoms in total. The van der Waals surface area contributed by atoms with E-state index in [1.807, 2.05) is 0 Å². The summed E-state index contributed by atoms with van der Waals surface area (Å²) >= 11 is 0. The van der Waals surface area contributed by atoms with E-state index >= 15 is 0 Å². The minimum absolute atomic E-state index is 0.483. The molecule has 19 heavy (non-hydrogen) atoms. The molecule has 1 aliphatic carbocycles. The molecule has 104 valence electrons. The van der Waals surface area contributed by atoms with Crippen molar-refractivity contribution < 1.29 is 5.11 Å². The second-order valence-corrected chi connectivity index (χ2v) is 6.68. The fraction of sp³-hybridized carbons (Fsp3) is 0.647. The second kappa shape index (κ2) is 4.92. The first-order valence-corrected chi connectivity index (χ1v) is 7.58. The first-order chi connectivity index (χ1) is 9.07. The minimum atomic E-state index is -0.483. The van der Waals surface area contributed by atoms with E-state index in [0.29, 0.717) is 12.0 Å². The summed E-state index contributed by atoms with van der Waals surface area (Å²) in [5.41, 5.74) is 2.51. The molecule has 3 unspecified atom stereocenters. The van der Waals surface area contributed by atoms with Crippen molar-refractivity contribution >= 4 is 0 Å². The Labute approximate surface area is 116 Å². The van der Waals surface area contributed by atoms with Gasteiger partial charge in [0.2, 0.25) is 0 Å². The molecule has 0 saturated carbocycles. The van der Waals surface area contributed by atoms with Crippen LogP contribution in [0.25, 0.3) is 0 Å². The highest BCUT2D eigenvalue weighted by Crippen LogP contribution is 2.40. The highest BCUT2D eigenvalue weighted by molar-refractivity contribution is 5.33. The summed E-state index contributed by atoms with van der Waals surface area (Å²) in [6, 6.07) is 9.31. The van der Waals surface area contributed by atoms with Gasteiger partial charge < -0.3 is 10.0 Å². The predicted octanol–water partition coefficient (Wildman–Crippen LogP) is 2.95. The maximum Gasteiger partial charge on any atom is 0.0794 e. The molecular weight excluding hydrogens is 234 g/mol. The first-order valence-electron chi connectivity index (χ1n) is 7.58. The van der Waals surface area contributed by atoms with Gasteiger partial charge in [-0.05, 0) is 63.1 Å². The molecule has 2 aliphatic rings. The molecule has 2 heteroatoms. The van der Waals surface area contributed by atoms with Crippen molar-refractivity contribution in [2.45, 2.75) is 56.6 Å². The normalized spacial score (nSPS) is 35.3. The molecule has 1 heterocycles. The van der Waals surface area contributed by atoms with E-state index in [-0.39, 0.29) is 0 Å². The number of benzene rings is 1. The number of aliphatic hydroxyl groups is 1. The first kappa shape index (κ1) is 13.1. The molecular formula is C17H25NO. The number of likely N-dealkylation sites (tertiary alicyclic amines) is 1. The SMILES string of the molecule is CC1CC(O)(CC2CCCc3ccccc32)CN1C. The van der Waals surface area contributed by atoms with E-state index < -0.39 is 5.60 Å². The molecule has 0 bridgehead atoms. The number of aryl methyl sites for hydroxylation is 1. The summed E-state index contributed by atoms with van der Waals surface area (Å²) < 4.78 is 0. The van der Waals surface area contributed by atoms with Crippen LogP contribution in [0.3, 0.4) is 0 Å². The molecule has 1 aromatic carbocycles. The quantitative estimate of drug-likeness (QED) is 0.882. The molecule has 1 N–H and O–H groups in total. The van der Waals surface area contributed by atoms with E-state index in [1.54, 1.807) is 0 Å². The van der Waals surface area contributed by atoms with Crippen LogP contribution in [0.15, 0.2) is 24.3 Å². The molecule has 1 fully saturated rings. The Bertz CT molecular complexity index is 446. The van der Waals surface area contributed by atoms with Gasteiger partial charge >= 0.3 is 0 Å². The Morgan fingerprint density at radius 2 is 2.16 bits per heavy atom. The zero-order chi connectivity index (χ0) is 13.5. The predicted molar refractivity (Wildman–Crippen MR) is 78.4 cm³/mol. The Morgan fingerprint density at radius 3 is 2.89 bits per heavy atom. The van der Waals surface area contributed by atoms with Gasteiger partial charge in [0.15, 0.2) is 0 Å². The van der Waals surface area contributed by atoms with Gasteiger partial charge in [-0.25, -0.2) is 0 Å². The van der Waals surface area contributed by atoms with Crippen LogP contribution in [0, 0.1) is 0 Å². The minimum Gasteiger partial charge on any atom is -0.388 e. The van der Waals surface area contributed by atoms with Crippen molar-refractivity contribution in [3.8, 4) is 0 Å². The van der Waals surface area contributed by atoms with E-state index in [4.69, 9.17) is 0 Å². The monoisotopic (exact) mass is 259 g/mol. The van der Waals surface area contributed by atoms with Gasteiger partial charge in [-0.1, -0.05) is 24.3 Å². The van der Waals surface area contributed by atoms with Crippen LogP contribution in [-0.4, -0.2) is 35.2 Å². The average molecular weight is 259 g/mol. The van der Waals surface area contributed by atoms with E-state index in [1.165, 1.54) is 30.4 Å². The number of likely N-dealkylation sites (N-methyl/N-ethyl adjacent to an activating group) is 1. The molecule has 1 aromatic rings. The third kappa shape index (κ3) is 2.56. The van der Waals surface area contributed by atoms with Crippen molar-refractivity contribution in [3.63, 3.8) is 0 Å². The molecule has 0 spiro atoms. The fourth-order valence-electron chi connectivity index (χ4n) is 4.06. The lowest BCUT2D eigenvalue weighted by Crippen LogP contribution is -2.34. The van der Waals surface area contributed by atoms with Gasteiger partial charge in [-0.15, -0.1) is 0 Å². The lowest BCUT2D eigenvalue weighted by atomic mass is 9.76. The maximum absolute atomic E-state index is 10.9. The van der Waals surface area contributed by atoms with Crippen LogP contribution < -0.4 is 0 Å². The van der Waals surface area contributed by atoms with Gasteiger partial charge in [0.05, 0.1) is 5.60 Å². The van der Waals surface area contributed by atoms with Crippen LogP contribution >= 0.6 is 0 Å². The number of hydrogen-bond donors (Lipinski definition) is 1. The number of fused-ring (bicyclic) bond motifs is 1. The van der Waals surface area contributed by atoms with Gasteiger partial charge in [0.25, 0.3) is 0 Å². The van der Waals surface area contributed by atoms with Gasteiger partial charge in [-0.3, -0.25) is 0 Å². The average Bonchev–Trinajstić information content (AvgIpc) is 2.63. The molecule has 3 atom stereocenters. The molecule has 0 radical (unpaired) electrons. The highest BCUT2D eigenvalue weighted by atomic mass is 16.3.